The summed E-state index contributed by atoms with van der Waals surface area (Å²) < 4.78 is 5.48. The maximum absolute atomic E-state index is 11.9. The van der Waals surface area contributed by atoms with E-state index >= 15 is 0 Å². The first-order valence-electron chi connectivity index (χ1n) is 6.89. The number of hydrazine groups is 1. The number of carbonyl (C=O) groups is 2. The number of H-pyrrole nitrogens is 1. The van der Waals surface area contributed by atoms with Crippen molar-refractivity contribution >= 4 is 11.8 Å². The fourth-order valence-electron chi connectivity index (χ4n) is 1.68. The van der Waals surface area contributed by atoms with Crippen molar-refractivity contribution in [1.29, 1.82) is 0 Å². The van der Waals surface area contributed by atoms with Crippen LogP contribution in [0.2, 0.25) is 0 Å². The standard InChI is InChI=1S/C15H16N4O4/c1-9(2)23-11-5-3-10(4-6-11)14(21)18-19-15(22)12-7-8-13(20)17-16-12/h3-9H,1-2H3,(H,17,20)(H,18,21)(H,19,22). The smallest absolute Gasteiger partial charge is 0.290 e. The van der Waals surface area contributed by atoms with E-state index in [1.807, 2.05) is 13.8 Å². The Labute approximate surface area is 131 Å². The fourth-order valence-corrected chi connectivity index (χ4v) is 1.68. The molecule has 0 fully saturated rings. The summed E-state index contributed by atoms with van der Waals surface area (Å²) in [4.78, 5) is 34.5. The van der Waals surface area contributed by atoms with Gasteiger partial charge in [-0.25, -0.2) is 5.10 Å². The van der Waals surface area contributed by atoms with E-state index in [-0.39, 0.29) is 11.8 Å². The Morgan fingerprint density at radius 2 is 1.70 bits per heavy atom. The molecule has 23 heavy (non-hydrogen) atoms. The minimum atomic E-state index is -0.644. The van der Waals surface area contributed by atoms with E-state index in [0.717, 1.165) is 6.07 Å². The summed E-state index contributed by atoms with van der Waals surface area (Å²) in [7, 11) is 0. The fraction of sp³-hybridized carbons (Fsp3) is 0.200. The molecule has 0 aliphatic heterocycles. The van der Waals surface area contributed by atoms with Gasteiger partial charge in [0.2, 0.25) is 0 Å². The molecule has 2 rings (SSSR count). The summed E-state index contributed by atoms with van der Waals surface area (Å²) in [6.07, 6.45) is 0.0405. The predicted octanol–water partition coefficient (Wildman–Crippen LogP) is 0.632. The number of rotatable bonds is 4. The molecule has 1 heterocycles. The lowest BCUT2D eigenvalue weighted by atomic mass is 10.2. The van der Waals surface area contributed by atoms with Crippen LogP contribution in [0.1, 0.15) is 34.7 Å². The molecule has 0 aliphatic rings. The first-order valence-corrected chi connectivity index (χ1v) is 6.89. The van der Waals surface area contributed by atoms with Crippen LogP contribution in [-0.4, -0.2) is 28.1 Å². The average Bonchev–Trinajstić information content (AvgIpc) is 2.53. The van der Waals surface area contributed by atoms with Gasteiger partial charge in [-0.2, -0.15) is 5.10 Å². The highest BCUT2D eigenvalue weighted by molar-refractivity contribution is 5.98. The maximum Gasteiger partial charge on any atom is 0.290 e. The minimum absolute atomic E-state index is 0.0226. The first kappa shape index (κ1) is 16.2. The van der Waals surface area contributed by atoms with Crippen molar-refractivity contribution in [1.82, 2.24) is 21.0 Å². The molecule has 120 valence electrons. The van der Waals surface area contributed by atoms with Crippen LogP contribution in [0, 0.1) is 0 Å². The summed E-state index contributed by atoms with van der Waals surface area (Å²) in [5.74, 6) is -0.480. The molecule has 0 atom stereocenters. The van der Waals surface area contributed by atoms with Gasteiger partial charge in [-0.3, -0.25) is 25.2 Å². The first-order chi connectivity index (χ1) is 11.0. The Bertz CT molecular complexity index is 732. The van der Waals surface area contributed by atoms with E-state index in [1.165, 1.54) is 6.07 Å². The summed E-state index contributed by atoms with van der Waals surface area (Å²) in [5, 5.41) is 5.68. The van der Waals surface area contributed by atoms with Gasteiger partial charge >= 0.3 is 0 Å². The van der Waals surface area contributed by atoms with E-state index in [9.17, 15) is 14.4 Å². The highest BCUT2D eigenvalue weighted by atomic mass is 16.5. The second kappa shape index (κ2) is 7.21. The lowest BCUT2D eigenvalue weighted by molar-refractivity contribution is 0.0843. The minimum Gasteiger partial charge on any atom is -0.491 e. The Kier molecular flexibility index (Phi) is 5.08. The zero-order valence-corrected chi connectivity index (χ0v) is 12.6. The van der Waals surface area contributed by atoms with E-state index < -0.39 is 17.4 Å². The summed E-state index contributed by atoms with van der Waals surface area (Å²) in [5.41, 5.74) is 4.38. The lowest BCUT2D eigenvalue weighted by Gasteiger charge is -2.10. The van der Waals surface area contributed by atoms with Crippen LogP contribution in [-0.2, 0) is 0 Å². The van der Waals surface area contributed by atoms with Crippen LogP contribution in [0.3, 0.4) is 0 Å². The molecule has 0 bridgehead atoms. The Hall–Kier alpha value is -3.16. The topological polar surface area (TPSA) is 113 Å². The third-order valence-corrected chi connectivity index (χ3v) is 2.69. The molecule has 8 heteroatoms. The average molecular weight is 316 g/mol. The predicted molar refractivity (Wildman–Crippen MR) is 82.0 cm³/mol. The number of amides is 2. The zero-order valence-electron chi connectivity index (χ0n) is 12.6. The van der Waals surface area contributed by atoms with E-state index in [0.29, 0.717) is 11.3 Å². The van der Waals surface area contributed by atoms with E-state index in [4.69, 9.17) is 4.74 Å². The number of benzene rings is 1. The number of hydrogen-bond donors (Lipinski definition) is 3. The number of ether oxygens (including phenoxy) is 1. The number of carbonyl (C=O) groups excluding carboxylic acids is 2. The molecular weight excluding hydrogens is 300 g/mol. The molecule has 0 unspecified atom stereocenters. The van der Waals surface area contributed by atoms with Crippen LogP contribution in [0.15, 0.2) is 41.2 Å². The molecular formula is C15H16N4O4. The van der Waals surface area contributed by atoms with Gasteiger partial charge in [-0.1, -0.05) is 0 Å². The third-order valence-electron chi connectivity index (χ3n) is 2.69. The number of aromatic amines is 1. The molecule has 0 radical (unpaired) electrons. The highest BCUT2D eigenvalue weighted by Gasteiger charge is 2.10. The maximum atomic E-state index is 11.9. The SMILES string of the molecule is CC(C)Oc1ccc(C(=O)NNC(=O)c2ccc(=O)[nH]n2)cc1. The largest absolute Gasteiger partial charge is 0.491 e. The van der Waals surface area contributed by atoms with Gasteiger partial charge in [0.25, 0.3) is 17.4 Å². The van der Waals surface area contributed by atoms with Crippen molar-refractivity contribution in [3.8, 4) is 5.75 Å². The van der Waals surface area contributed by atoms with Crippen molar-refractivity contribution in [3.05, 3.63) is 58.0 Å². The molecule has 1 aromatic heterocycles. The van der Waals surface area contributed by atoms with Gasteiger partial charge in [0.05, 0.1) is 6.10 Å². The van der Waals surface area contributed by atoms with Crippen LogP contribution < -0.4 is 21.1 Å². The van der Waals surface area contributed by atoms with E-state index in [1.54, 1.807) is 24.3 Å². The molecule has 0 saturated carbocycles. The van der Waals surface area contributed by atoms with Crippen LogP contribution >= 0.6 is 0 Å². The van der Waals surface area contributed by atoms with Crippen molar-refractivity contribution < 1.29 is 14.3 Å². The van der Waals surface area contributed by atoms with Crippen molar-refractivity contribution in [2.24, 2.45) is 0 Å². The molecule has 0 spiro atoms. The molecule has 1 aromatic carbocycles. The van der Waals surface area contributed by atoms with Crippen molar-refractivity contribution in [2.75, 3.05) is 0 Å². The van der Waals surface area contributed by atoms with Crippen molar-refractivity contribution in [3.63, 3.8) is 0 Å². The summed E-state index contributed by atoms with van der Waals surface area (Å²) >= 11 is 0. The Morgan fingerprint density at radius 3 is 2.26 bits per heavy atom. The van der Waals surface area contributed by atoms with Crippen molar-refractivity contribution in [2.45, 2.75) is 20.0 Å². The number of hydrogen-bond acceptors (Lipinski definition) is 5. The van der Waals surface area contributed by atoms with E-state index in [2.05, 4.69) is 21.0 Å². The number of nitrogens with one attached hydrogen (secondary N) is 3. The highest BCUT2D eigenvalue weighted by Crippen LogP contribution is 2.13. The van der Waals surface area contributed by atoms with Gasteiger partial charge in [-0.05, 0) is 44.2 Å². The summed E-state index contributed by atoms with van der Waals surface area (Å²) in [6, 6.07) is 8.91. The Balaban J connectivity index is 1.92. The van der Waals surface area contributed by atoms with Gasteiger partial charge in [0.1, 0.15) is 5.75 Å². The molecule has 0 aliphatic carbocycles. The second-order valence-corrected chi connectivity index (χ2v) is 4.91. The monoisotopic (exact) mass is 316 g/mol. The molecule has 8 nitrogen and oxygen atoms in total. The summed E-state index contributed by atoms with van der Waals surface area (Å²) in [6.45, 7) is 3.81. The molecule has 2 aromatic rings. The second-order valence-electron chi connectivity index (χ2n) is 4.91. The quantitative estimate of drug-likeness (QED) is 0.716. The number of aromatic nitrogens is 2. The van der Waals surface area contributed by atoms with Gasteiger partial charge in [-0.15, -0.1) is 0 Å². The van der Waals surface area contributed by atoms with Gasteiger partial charge in [0.15, 0.2) is 5.69 Å². The molecule has 3 N–H and O–H groups in total. The van der Waals surface area contributed by atoms with Gasteiger partial charge in [0, 0.05) is 11.6 Å². The normalized spacial score (nSPS) is 10.2. The van der Waals surface area contributed by atoms with Crippen LogP contribution in [0.25, 0.3) is 0 Å². The molecule has 2 amide bonds. The third kappa shape index (κ3) is 4.67. The Morgan fingerprint density at radius 1 is 1.04 bits per heavy atom. The number of nitrogens with zero attached hydrogens (tertiary/aromatic N) is 1. The van der Waals surface area contributed by atoms with Crippen LogP contribution in [0.5, 0.6) is 5.75 Å². The zero-order chi connectivity index (χ0) is 16.8. The lowest BCUT2D eigenvalue weighted by Crippen LogP contribution is -2.42. The van der Waals surface area contributed by atoms with Gasteiger partial charge < -0.3 is 4.74 Å². The van der Waals surface area contributed by atoms with Crippen LogP contribution in [0.4, 0.5) is 0 Å². The molecule has 0 saturated heterocycles.